The maximum atomic E-state index is 11.7. The second-order valence-corrected chi connectivity index (χ2v) is 9.27. The number of ether oxygens (including phenoxy) is 3. The third-order valence-corrected chi connectivity index (χ3v) is 7.11. The van der Waals surface area contributed by atoms with E-state index in [1.54, 1.807) is 19.2 Å². The molecule has 0 amide bonds. The lowest BCUT2D eigenvalue weighted by Gasteiger charge is -2.40. The number of hydrogen-bond acceptors (Lipinski definition) is 5. The van der Waals surface area contributed by atoms with Crippen molar-refractivity contribution in [3.8, 4) is 11.5 Å². The number of aromatic carboxylic acids is 1. The van der Waals surface area contributed by atoms with Crippen LogP contribution in [0.3, 0.4) is 0 Å². The van der Waals surface area contributed by atoms with Crippen molar-refractivity contribution < 1.29 is 24.1 Å². The predicted molar refractivity (Wildman–Crippen MR) is 134 cm³/mol. The summed E-state index contributed by atoms with van der Waals surface area (Å²) < 4.78 is 18.2. The van der Waals surface area contributed by atoms with Crippen molar-refractivity contribution in [1.82, 2.24) is 9.88 Å². The Morgan fingerprint density at radius 3 is 2.97 bits per heavy atom. The molecule has 1 aromatic heterocycles. The van der Waals surface area contributed by atoms with Crippen LogP contribution < -0.4 is 9.47 Å². The first-order chi connectivity index (χ1) is 17.0. The lowest BCUT2D eigenvalue weighted by molar-refractivity contribution is -0.00866. The van der Waals surface area contributed by atoms with Crippen LogP contribution in [0.2, 0.25) is 0 Å². The molecule has 7 heteroatoms. The summed E-state index contributed by atoms with van der Waals surface area (Å²) in [6, 6.07) is 9.48. The molecule has 7 nitrogen and oxygen atoms in total. The molecule has 0 radical (unpaired) electrons. The smallest absolute Gasteiger partial charge is 0.335 e. The highest BCUT2D eigenvalue weighted by Crippen LogP contribution is 2.41. The van der Waals surface area contributed by atoms with Gasteiger partial charge in [-0.2, -0.15) is 0 Å². The highest BCUT2D eigenvalue weighted by Gasteiger charge is 2.33. The number of piperidine rings is 1. The van der Waals surface area contributed by atoms with E-state index < -0.39 is 5.97 Å². The predicted octanol–water partition coefficient (Wildman–Crippen LogP) is 5.24. The molecule has 2 aromatic carbocycles. The van der Waals surface area contributed by atoms with Gasteiger partial charge in [0.05, 0.1) is 32.0 Å². The number of carbonyl (C=O) groups is 1. The van der Waals surface area contributed by atoms with Gasteiger partial charge in [-0.1, -0.05) is 18.2 Å². The van der Waals surface area contributed by atoms with Crippen molar-refractivity contribution in [3.05, 3.63) is 70.9 Å². The third kappa shape index (κ3) is 4.79. The number of nitrogens with one attached hydrogen (secondary N) is 1. The largest absolute Gasteiger partial charge is 0.496 e. The second kappa shape index (κ2) is 10.1. The van der Waals surface area contributed by atoms with Crippen molar-refractivity contribution in [3.63, 3.8) is 0 Å². The molecular weight excluding hydrogens is 444 g/mol. The highest BCUT2D eigenvalue weighted by molar-refractivity contribution is 5.89. The number of methoxy groups -OCH3 is 1. The van der Waals surface area contributed by atoms with Crippen LogP contribution in [-0.2, 0) is 11.3 Å². The molecule has 184 valence electrons. The average Bonchev–Trinajstić information content (AvgIpc) is 3.35. The first-order valence-electron chi connectivity index (χ1n) is 12.2. The summed E-state index contributed by atoms with van der Waals surface area (Å²) in [5, 5.41) is 10.7. The van der Waals surface area contributed by atoms with Gasteiger partial charge in [-0.15, -0.1) is 0 Å². The highest BCUT2D eigenvalue weighted by atomic mass is 16.5. The van der Waals surface area contributed by atoms with E-state index in [0.717, 1.165) is 59.2 Å². The van der Waals surface area contributed by atoms with E-state index in [9.17, 15) is 9.90 Å². The SMILES string of the molecule is COc1cc(C)c2[nH]ccc2c1CN1CC[C@@H]2C[C@@H]1c1ccc(C(=O)O)cc1OCC/C=C\CO2. The Bertz CT molecular complexity index is 1250. The van der Waals surface area contributed by atoms with Gasteiger partial charge in [0.1, 0.15) is 11.5 Å². The number of carboxylic acid groups (broad SMARTS) is 1. The van der Waals surface area contributed by atoms with E-state index in [-0.39, 0.29) is 17.7 Å². The van der Waals surface area contributed by atoms with Gasteiger partial charge < -0.3 is 24.3 Å². The summed E-state index contributed by atoms with van der Waals surface area (Å²) >= 11 is 0. The summed E-state index contributed by atoms with van der Waals surface area (Å²) in [4.78, 5) is 17.5. The van der Waals surface area contributed by atoms with E-state index in [0.29, 0.717) is 25.5 Å². The number of fused-ring (bicyclic) bond motifs is 5. The minimum Gasteiger partial charge on any atom is -0.496 e. The van der Waals surface area contributed by atoms with Crippen LogP contribution in [0.4, 0.5) is 0 Å². The molecule has 2 N–H and O–H groups in total. The zero-order valence-electron chi connectivity index (χ0n) is 20.3. The molecule has 2 atom stereocenters. The van der Waals surface area contributed by atoms with Crippen molar-refractivity contribution >= 4 is 16.9 Å². The number of carboxylic acids is 1. The quantitative estimate of drug-likeness (QED) is 0.501. The number of H-pyrrole nitrogens is 1. The second-order valence-electron chi connectivity index (χ2n) is 9.27. The lowest BCUT2D eigenvalue weighted by atomic mass is 9.90. The van der Waals surface area contributed by atoms with Crippen LogP contribution in [0.1, 0.15) is 52.4 Å². The van der Waals surface area contributed by atoms with Crippen LogP contribution in [0.5, 0.6) is 11.5 Å². The fourth-order valence-corrected chi connectivity index (χ4v) is 5.31. The van der Waals surface area contributed by atoms with Crippen LogP contribution in [0, 0.1) is 6.92 Å². The maximum absolute atomic E-state index is 11.7. The Hall–Kier alpha value is -3.29. The van der Waals surface area contributed by atoms with Gasteiger partial charge in [0.15, 0.2) is 0 Å². The monoisotopic (exact) mass is 476 g/mol. The molecule has 0 aliphatic carbocycles. The summed E-state index contributed by atoms with van der Waals surface area (Å²) in [6.07, 6.45) is 8.67. The summed E-state index contributed by atoms with van der Waals surface area (Å²) in [5.41, 5.74) is 4.66. The molecule has 2 aliphatic heterocycles. The van der Waals surface area contributed by atoms with Gasteiger partial charge in [-0.05, 0) is 56.0 Å². The topological polar surface area (TPSA) is 84.0 Å². The lowest BCUT2D eigenvalue weighted by Crippen LogP contribution is -2.39. The zero-order valence-corrected chi connectivity index (χ0v) is 20.3. The molecular formula is C28H32N2O5. The number of hydrogen-bond donors (Lipinski definition) is 2. The molecule has 1 fully saturated rings. The van der Waals surface area contributed by atoms with E-state index in [1.165, 1.54) is 0 Å². The van der Waals surface area contributed by atoms with Gasteiger partial charge in [0, 0.05) is 47.4 Å². The fourth-order valence-electron chi connectivity index (χ4n) is 5.31. The van der Waals surface area contributed by atoms with Crippen molar-refractivity contribution in [2.75, 3.05) is 26.9 Å². The standard InChI is InChI=1S/C28H32N2O5/c1-18-14-25(33-2)23(21-8-10-29-27(18)21)17-30-11-9-20-16-24(30)22-7-6-19(28(31)32)15-26(22)35-13-5-3-4-12-34-20/h3-4,6-8,10,14-15,20,24,29H,5,9,11-13,16-17H2,1-2H3,(H,31,32)/b4-3-/t20-,24-/m1/s1. The molecule has 3 heterocycles. The van der Waals surface area contributed by atoms with E-state index >= 15 is 0 Å². The molecule has 35 heavy (non-hydrogen) atoms. The van der Waals surface area contributed by atoms with Crippen molar-refractivity contribution in [2.45, 2.75) is 44.9 Å². The minimum absolute atomic E-state index is 0.0232. The number of likely N-dealkylation sites (tertiary alicyclic amines) is 1. The zero-order chi connectivity index (χ0) is 24.4. The number of rotatable bonds is 4. The Labute approximate surface area is 205 Å². The van der Waals surface area contributed by atoms with E-state index in [2.05, 4.69) is 35.0 Å². The first kappa shape index (κ1) is 23.5. The van der Waals surface area contributed by atoms with Crippen molar-refractivity contribution in [2.24, 2.45) is 0 Å². The van der Waals surface area contributed by atoms with Crippen LogP contribution >= 0.6 is 0 Å². The molecule has 0 spiro atoms. The molecule has 0 unspecified atom stereocenters. The normalized spacial score (nSPS) is 21.9. The van der Waals surface area contributed by atoms with Crippen LogP contribution in [-0.4, -0.2) is 53.9 Å². The molecule has 3 aromatic rings. The Balaban J connectivity index is 1.56. The Kier molecular flexibility index (Phi) is 6.79. The number of aryl methyl sites for hydroxylation is 1. The van der Waals surface area contributed by atoms with Crippen molar-refractivity contribution in [1.29, 1.82) is 0 Å². The summed E-state index contributed by atoms with van der Waals surface area (Å²) in [7, 11) is 1.72. The van der Waals surface area contributed by atoms with Gasteiger partial charge in [-0.25, -0.2) is 4.79 Å². The fraction of sp³-hybridized carbons (Fsp3) is 0.393. The van der Waals surface area contributed by atoms with E-state index in [4.69, 9.17) is 14.2 Å². The van der Waals surface area contributed by atoms with E-state index in [1.807, 2.05) is 18.3 Å². The number of benzene rings is 2. The first-order valence-corrected chi connectivity index (χ1v) is 12.2. The molecule has 0 saturated carbocycles. The van der Waals surface area contributed by atoms with Gasteiger partial charge in [0.25, 0.3) is 0 Å². The molecule has 1 saturated heterocycles. The maximum Gasteiger partial charge on any atom is 0.335 e. The van der Waals surface area contributed by atoms with Gasteiger partial charge in [0.2, 0.25) is 0 Å². The molecule has 2 bridgehead atoms. The van der Waals surface area contributed by atoms with Crippen LogP contribution in [0.25, 0.3) is 10.9 Å². The minimum atomic E-state index is -0.955. The number of nitrogens with zero attached hydrogens (tertiary/aromatic N) is 1. The molecule has 2 aliphatic rings. The van der Waals surface area contributed by atoms with Gasteiger partial charge in [-0.3, -0.25) is 4.90 Å². The number of aromatic amines is 1. The molecule has 5 rings (SSSR count). The Morgan fingerprint density at radius 2 is 2.14 bits per heavy atom. The van der Waals surface area contributed by atoms with Crippen LogP contribution in [0.15, 0.2) is 48.7 Å². The summed E-state index contributed by atoms with van der Waals surface area (Å²) in [5.74, 6) is 0.560. The summed E-state index contributed by atoms with van der Waals surface area (Å²) in [6.45, 7) is 4.72. The number of aromatic nitrogens is 1. The third-order valence-electron chi connectivity index (χ3n) is 7.11. The van der Waals surface area contributed by atoms with Gasteiger partial charge >= 0.3 is 5.97 Å². The Morgan fingerprint density at radius 1 is 1.26 bits per heavy atom. The average molecular weight is 477 g/mol.